The molecule has 6 heteroatoms. The first-order chi connectivity index (χ1) is 12.1. The highest BCUT2D eigenvalue weighted by Gasteiger charge is 2.25. The second-order valence-corrected chi connectivity index (χ2v) is 6.78. The van der Waals surface area contributed by atoms with Crippen LogP contribution in [0.4, 0.5) is 5.69 Å². The summed E-state index contributed by atoms with van der Waals surface area (Å²) in [5.74, 6) is 0.136. The molecule has 0 radical (unpaired) electrons. The SMILES string of the molecule is CC(C)c1ccc(CN2CCNCC2c2cccnc2)cc1[N+](=O)[O-]. The van der Waals surface area contributed by atoms with Gasteiger partial charge in [0.1, 0.15) is 0 Å². The van der Waals surface area contributed by atoms with E-state index in [9.17, 15) is 10.1 Å². The highest BCUT2D eigenvalue weighted by Crippen LogP contribution is 2.29. The molecule has 2 aromatic rings. The lowest BCUT2D eigenvalue weighted by Crippen LogP contribution is -2.45. The Morgan fingerprint density at radius 1 is 1.40 bits per heavy atom. The monoisotopic (exact) mass is 340 g/mol. The molecule has 25 heavy (non-hydrogen) atoms. The molecule has 132 valence electrons. The summed E-state index contributed by atoms with van der Waals surface area (Å²) in [5, 5.41) is 14.9. The van der Waals surface area contributed by atoms with Gasteiger partial charge in [-0.2, -0.15) is 0 Å². The van der Waals surface area contributed by atoms with E-state index in [0.29, 0.717) is 6.54 Å². The summed E-state index contributed by atoms with van der Waals surface area (Å²) < 4.78 is 0. The van der Waals surface area contributed by atoms with Gasteiger partial charge in [0, 0.05) is 56.2 Å². The van der Waals surface area contributed by atoms with Crippen LogP contribution in [-0.2, 0) is 6.54 Å². The number of rotatable bonds is 5. The van der Waals surface area contributed by atoms with E-state index in [1.807, 2.05) is 38.2 Å². The smallest absolute Gasteiger partial charge is 0.273 e. The molecule has 0 amide bonds. The van der Waals surface area contributed by atoms with E-state index in [1.54, 1.807) is 12.3 Å². The molecule has 0 bridgehead atoms. The Balaban J connectivity index is 1.85. The lowest BCUT2D eigenvalue weighted by Gasteiger charge is -2.36. The minimum atomic E-state index is -0.269. The fraction of sp³-hybridized carbons (Fsp3) is 0.421. The molecule has 1 N–H and O–H groups in total. The lowest BCUT2D eigenvalue weighted by molar-refractivity contribution is -0.385. The Morgan fingerprint density at radius 3 is 2.92 bits per heavy atom. The highest BCUT2D eigenvalue weighted by atomic mass is 16.6. The van der Waals surface area contributed by atoms with E-state index in [4.69, 9.17) is 0 Å². The van der Waals surface area contributed by atoms with Crippen molar-refractivity contribution < 1.29 is 4.92 Å². The molecular formula is C19H24N4O2. The Morgan fingerprint density at radius 2 is 2.24 bits per heavy atom. The van der Waals surface area contributed by atoms with Crippen molar-refractivity contribution in [2.45, 2.75) is 32.4 Å². The molecule has 0 spiro atoms. The van der Waals surface area contributed by atoms with Gasteiger partial charge in [-0.3, -0.25) is 20.0 Å². The quantitative estimate of drug-likeness (QED) is 0.668. The van der Waals surface area contributed by atoms with Crippen molar-refractivity contribution in [3.05, 3.63) is 69.5 Å². The van der Waals surface area contributed by atoms with Crippen LogP contribution in [0.1, 0.15) is 42.5 Å². The average Bonchev–Trinajstić information content (AvgIpc) is 2.62. The molecule has 3 rings (SSSR count). The van der Waals surface area contributed by atoms with Crippen LogP contribution in [0.2, 0.25) is 0 Å². The molecule has 1 atom stereocenters. The van der Waals surface area contributed by atoms with Gasteiger partial charge in [0.05, 0.1) is 4.92 Å². The van der Waals surface area contributed by atoms with Gasteiger partial charge in [0.2, 0.25) is 0 Å². The third kappa shape index (κ3) is 4.03. The van der Waals surface area contributed by atoms with Crippen LogP contribution in [0.3, 0.4) is 0 Å². The highest BCUT2D eigenvalue weighted by molar-refractivity contribution is 5.45. The second kappa shape index (κ2) is 7.72. The normalized spacial score (nSPS) is 18.4. The van der Waals surface area contributed by atoms with Gasteiger partial charge in [-0.05, 0) is 23.1 Å². The van der Waals surface area contributed by atoms with E-state index < -0.39 is 0 Å². The van der Waals surface area contributed by atoms with Gasteiger partial charge in [0.25, 0.3) is 5.69 Å². The molecule has 1 fully saturated rings. The first-order valence-electron chi connectivity index (χ1n) is 8.68. The largest absolute Gasteiger partial charge is 0.314 e. The number of hydrogen-bond acceptors (Lipinski definition) is 5. The number of hydrogen-bond donors (Lipinski definition) is 1. The summed E-state index contributed by atoms with van der Waals surface area (Å²) in [6.45, 7) is 7.34. The van der Waals surface area contributed by atoms with E-state index >= 15 is 0 Å². The number of benzene rings is 1. The molecule has 1 aromatic heterocycles. The van der Waals surface area contributed by atoms with Crippen LogP contribution < -0.4 is 5.32 Å². The van der Waals surface area contributed by atoms with Crippen molar-refractivity contribution in [3.63, 3.8) is 0 Å². The van der Waals surface area contributed by atoms with E-state index in [1.165, 1.54) is 5.56 Å². The van der Waals surface area contributed by atoms with Crippen LogP contribution in [0, 0.1) is 10.1 Å². The van der Waals surface area contributed by atoms with Crippen LogP contribution in [0.25, 0.3) is 0 Å². The summed E-state index contributed by atoms with van der Waals surface area (Å²) in [6, 6.07) is 9.92. The summed E-state index contributed by atoms with van der Waals surface area (Å²) in [4.78, 5) is 17.8. The van der Waals surface area contributed by atoms with Crippen molar-refractivity contribution in [1.29, 1.82) is 0 Å². The number of piperazine rings is 1. The number of nitro benzene ring substituents is 1. The van der Waals surface area contributed by atoms with Crippen molar-refractivity contribution >= 4 is 5.69 Å². The minimum Gasteiger partial charge on any atom is -0.314 e. The Bertz CT molecular complexity index is 733. The van der Waals surface area contributed by atoms with Crippen LogP contribution in [0.5, 0.6) is 0 Å². The zero-order valence-electron chi connectivity index (χ0n) is 14.7. The van der Waals surface area contributed by atoms with E-state index in [0.717, 1.165) is 30.8 Å². The number of nitro groups is 1. The van der Waals surface area contributed by atoms with Gasteiger partial charge in [0.15, 0.2) is 0 Å². The summed E-state index contributed by atoms with van der Waals surface area (Å²) in [5.41, 5.74) is 3.16. The van der Waals surface area contributed by atoms with Gasteiger partial charge in [-0.15, -0.1) is 0 Å². The number of nitrogens with one attached hydrogen (secondary N) is 1. The zero-order chi connectivity index (χ0) is 17.8. The first-order valence-corrected chi connectivity index (χ1v) is 8.68. The number of pyridine rings is 1. The molecule has 1 aliphatic rings. The minimum absolute atomic E-state index is 0.136. The Kier molecular flexibility index (Phi) is 5.40. The molecule has 0 saturated carbocycles. The maximum atomic E-state index is 11.4. The molecular weight excluding hydrogens is 316 g/mol. The standard InChI is InChI=1S/C19H24N4O2/c1-14(2)17-6-5-15(10-18(17)23(24)25)13-22-9-8-21-12-19(22)16-4-3-7-20-11-16/h3-7,10-11,14,19,21H,8-9,12-13H2,1-2H3. The predicted octanol–water partition coefficient (Wildman–Crippen LogP) is 3.26. The molecule has 1 aromatic carbocycles. The molecule has 6 nitrogen and oxygen atoms in total. The van der Waals surface area contributed by atoms with Crippen molar-refractivity contribution in [2.75, 3.05) is 19.6 Å². The van der Waals surface area contributed by atoms with Crippen LogP contribution in [0.15, 0.2) is 42.7 Å². The summed E-state index contributed by atoms with van der Waals surface area (Å²) in [7, 11) is 0. The van der Waals surface area contributed by atoms with E-state index in [2.05, 4.69) is 21.3 Å². The average molecular weight is 340 g/mol. The van der Waals surface area contributed by atoms with Gasteiger partial charge >= 0.3 is 0 Å². The molecule has 1 unspecified atom stereocenters. The van der Waals surface area contributed by atoms with Crippen LogP contribution >= 0.6 is 0 Å². The molecule has 1 saturated heterocycles. The van der Waals surface area contributed by atoms with Crippen molar-refractivity contribution in [2.24, 2.45) is 0 Å². The molecule has 1 aliphatic heterocycles. The van der Waals surface area contributed by atoms with Gasteiger partial charge < -0.3 is 5.32 Å². The van der Waals surface area contributed by atoms with Gasteiger partial charge in [-0.25, -0.2) is 0 Å². The van der Waals surface area contributed by atoms with Gasteiger partial charge in [-0.1, -0.05) is 32.0 Å². The fourth-order valence-electron chi connectivity index (χ4n) is 3.41. The third-order valence-corrected chi connectivity index (χ3v) is 4.72. The number of nitrogens with zero attached hydrogens (tertiary/aromatic N) is 3. The third-order valence-electron chi connectivity index (χ3n) is 4.72. The zero-order valence-corrected chi connectivity index (χ0v) is 14.7. The fourth-order valence-corrected chi connectivity index (χ4v) is 3.41. The van der Waals surface area contributed by atoms with Crippen molar-refractivity contribution in [1.82, 2.24) is 15.2 Å². The number of aromatic nitrogens is 1. The maximum Gasteiger partial charge on any atom is 0.273 e. The summed E-state index contributed by atoms with van der Waals surface area (Å²) in [6.07, 6.45) is 3.67. The predicted molar refractivity (Wildman–Crippen MR) is 97.4 cm³/mol. The second-order valence-electron chi connectivity index (χ2n) is 6.78. The molecule has 0 aliphatic carbocycles. The van der Waals surface area contributed by atoms with Crippen molar-refractivity contribution in [3.8, 4) is 0 Å². The van der Waals surface area contributed by atoms with E-state index in [-0.39, 0.29) is 22.6 Å². The maximum absolute atomic E-state index is 11.4. The Hall–Kier alpha value is -2.31. The first kappa shape index (κ1) is 17.5. The molecule has 2 heterocycles. The van der Waals surface area contributed by atoms with Crippen LogP contribution in [-0.4, -0.2) is 34.4 Å². The summed E-state index contributed by atoms with van der Waals surface area (Å²) >= 11 is 0. The topological polar surface area (TPSA) is 71.3 Å². The Labute approximate surface area is 148 Å². The lowest BCUT2D eigenvalue weighted by atomic mass is 9.98.